The molecule has 0 saturated carbocycles. The molecule has 4 nitrogen and oxygen atoms in total. The molecular formula is C14H20KNaO4. The standard InChI is InChI=1S/C14H18O4.K.Na.2H/c1-2-3-7-10-14(12(15)16,13(17)18)11-8-5-4-6-9-11;;;;/h4-6,8-9H,2-3,7,10H2,1H3,(H,15,16)(H,17,18);;;;/q;2*+1;2*-1. The summed E-state index contributed by atoms with van der Waals surface area (Å²) in [4.78, 5) is 23.0. The third-order valence-electron chi connectivity index (χ3n) is 3.15. The first-order valence-electron chi connectivity index (χ1n) is 6.08. The van der Waals surface area contributed by atoms with Crippen LogP contribution in [0, 0.1) is 0 Å². The van der Waals surface area contributed by atoms with Crippen LogP contribution in [0.3, 0.4) is 0 Å². The van der Waals surface area contributed by atoms with E-state index in [4.69, 9.17) is 0 Å². The predicted molar refractivity (Wildman–Crippen MR) is 69.8 cm³/mol. The molecule has 0 unspecified atom stereocenters. The molecule has 6 heteroatoms. The number of aliphatic carboxylic acids is 2. The Balaban J connectivity index is -0.000000405. The van der Waals surface area contributed by atoms with Gasteiger partial charge in [-0.2, -0.15) is 0 Å². The molecule has 0 fully saturated rings. The summed E-state index contributed by atoms with van der Waals surface area (Å²) in [5.74, 6) is -2.59. The van der Waals surface area contributed by atoms with E-state index in [0.717, 1.165) is 12.8 Å². The SMILES string of the molecule is CCCCCC(C(=O)O)(C(=O)O)c1ccccc1.[H-].[H-].[K+].[Na+]. The van der Waals surface area contributed by atoms with Gasteiger partial charge in [-0.05, 0) is 12.0 Å². The van der Waals surface area contributed by atoms with E-state index in [-0.39, 0.29) is 90.2 Å². The zero-order valence-corrected chi connectivity index (χ0v) is 17.5. The first-order chi connectivity index (χ1) is 8.55. The van der Waals surface area contributed by atoms with Gasteiger partial charge in [-0.3, -0.25) is 9.59 Å². The maximum absolute atomic E-state index is 11.5. The van der Waals surface area contributed by atoms with Crippen LogP contribution in [0.4, 0.5) is 0 Å². The molecule has 0 bridgehead atoms. The molecular weight excluding hydrogens is 294 g/mol. The molecule has 0 aromatic heterocycles. The maximum Gasteiger partial charge on any atom is 1.00 e. The first-order valence-corrected chi connectivity index (χ1v) is 6.08. The maximum atomic E-state index is 11.5. The van der Waals surface area contributed by atoms with Crippen LogP contribution in [0.1, 0.15) is 41.0 Å². The number of carboxylic acid groups (broad SMARTS) is 2. The minimum atomic E-state index is -1.82. The summed E-state index contributed by atoms with van der Waals surface area (Å²) in [6.07, 6.45) is 2.46. The van der Waals surface area contributed by atoms with Crippen LogP contribution in [-0.4, -0.2) is 22.2 Å². The fourth-order valence-electron chi connectivity index (χ4n) is 2.06. The van der Waals surface area contributed by atoms with Crippen molar-refractivity contribution in [2.24, 2.45) is 0 Å². The van der Waals surface area contributed by atoms with E-state index >= 15 is 0 Å². The van der Waals surface area contributed by atoms with Crippen LogP contribution in [0.2, 0.25) is 0 Å². The number of carbonyl (C=O) groups is 2. The van der Waals surface area contributed by atoms with E-state index < -0.39 is 17.4 Å². The van der Waals surface area contributed by atoms with E-state index in [0.29, 0.717) is 12.0 Å². The average Bonchev–Trinajstić information content (AvgIpc) is 2.35. The number of hydrogen-bond acceptors (Lipinski definition) is 2. The Kier molecular flexibility index (Phi) is 13.1. The largest absolute Gasteiger partial charge is 1.00 e. The van der Waals surface area contributed by atoms with Gasteiger partial charge >= 0.3 is 92.9 Å². The molecule has 1 rings (SSSR count). The molecule has 0 saturated heterocycles. The summed E-state index contributed by atoms with van der Waals surface area (Å²) >= 11 is 0. The van der Waals surface area contributed by atoms with Crippen LogP contribution < -0.4 is 80.9 Å². The van der Waals surface area contributed by atoms with Crippen molar-refractivity contribution in [2.45, 2.75) is 38.0 Å². The molecule has 1 aromatic rings. The molecule has 0 spiro atoms. The number of benzene rings is 1. The first kappa shape index (κ1) is 23.1. The zero-order chi connectivity index (χ0) is 13.6. The molecule has 20 heavy (non-hydrogen) atoms. The van der Waals surface area contributed by atoms with Gasteiger partial charge in [0.05, 0.1) is 0 Å². The fraction of sp³-hybridized carbons (Fsp3) is 0.429. The molecule has 102 valence electrons. The second-order valence-electron chi connectivity index (χ2n) is 4.34. The number of rotatable bonds is 7. The molecule has 0 heterocycles. The van der Waals surface area contributed by atoms with E-state index in [9.17, 15) is 19.8 Å². The summed E-state index contributed by atoms with van der Waals surface area (Å²) in [7, 11) is 0. The zero-order valence-electron chi connectivity index (χ0n) is 14.4. The Hall–Kier alpha value is 0.796. The van der Waals surface area contributed by atoms with Gasteiger partial charge in [0.25, 0.3) is 0 Å². The predicted octanol–water partition coefficient (Wildman–Crippen LogP) is -3.09. The van der Waals surface area contributed by atoms with Crippen LogP contribution in [0.5, 0.6) is 0 Å². The van der Waals surface area contributed by atoms with Gasteiger partial charge in [0.15, 0.2) is 5.41 Å². The number of unbranched alkanes of at least 4 members (excludes halogenated alkanes) is 2. The van der Waals surface area contributed by atoms with E-state index in [1.807, 2.05) is 6.92 Å². The summed E-state index contributed by atoms with van der Waals surface area (Å²) in [5, 5.41) is 18.7. The van der Waals surface area contributed by atoms with Crippen molar-refractivity contribution in [3.63, 3.8) is 0 Å². The van der Waals surface area contributed by atoms with Crippen molar-refractivity contribution in [1.82, 2.24) is 0 Å². The minimum Gasteiger partial charge on any atom is -1.00 e. The van der Waals surface area contributed by atoms with Gasteiger partial charge in [-0.15, -0.1) is 0 Å². The van der Waals surface area contributed by atoms with E-state index in [1.165, 1.54) is 0 Å². The van der Waals surface area contributed by atoms with Crippen LogP contribution in [-0.2, 0) is 15.0 Å². The molecule has 0 amide bonds. The minimum absolute atomic E-state index is 0. The fourth-order valence-corrected chi connectivity index (χ4v) is 2.06. The normalized spacial score (nSPS) is 10.1. The van der Waals surface area contributed by atoms with E-state index in [2.05, 4.69) is 0 Å². The van der Waals surface area contributed by atoms with Gasteiger partial charge in [-0.25, -0.2) is 0 Å². The van der Waals surface area contributed by atoms with Gasteiger partial charge < -0.3 is 13.1 Å². The molecule has 0 radical (unpaired) electrons. The van der Waals surface area contributed by atoms with Gasteiger partial charge in [0, 0.05) is 0 Å². The second kappa shape index (κ2) is 11.4. The summed E-state index contributed by atoms with van der Waals surface area (Å²) < 4.78 is 0. The summed E-state index contributed by atoms with van der Waals surface area (Å²) in [6.45, 7) is 1.99. The van der Waals surface area contributed by atoms with Crippen molar-refractivity contribution in [2.75, 3.05) is 0 Å². The van der Waals surface area contributed by atoms with Crippen LogP contribution >= 0.6 is 0 Å². The molecule has 2 N–H and O–H groups in total. The van der Waals surface area contributed by atoms with Crippen molar-refractivity contribution >= 4 is 11.9 Å². The molecule has 0 aliphatic heterocycles. The van der Waals surface area contributed by atoms with E-state index in [1.54, 1.807) is 30.3 Å². The Labute approximate surface area is 187 Å². The van der Waals surface area contributed by atoms with Crippen molar-refractivity contribution < 1.29 is 104 Å². The van der Waals surface area contributed by atoms with Crippen molar-refractivity contribution in [3.05, 3.63) is 35.9 Å². The van der Waals surface area contributed by atoms with Gasteiger partial charge in [0.2, 0.25) is 0 Å². The van der Waals surface area contributed by atoms with Gasteiger partial charge in [0.1, 0.15) is 0 Å². The Morgan fingerprint density at radius 3 is 2.00 bits per heavy atom. The smallest absolute Gasteiger partial charge is 1.00 e. The average molecular weight is 314 g/mol. The molecule has 0 aliphatic rings. The molecule has 0 aliphatic carbocycles. The summed E-state index contributed by atoms with van der Waals surface area (Å²) in [6, 6.07) is 8.19. The third kappa shape index (κ3) is 5.53. The van der Waals surface area contributed by atoms with Crippen LogP contribution in [0.15, 0.2) is 30.3 Å². The second-order valence-corrected chi connectivity index (χ2v) is 4.34. The monoisotopic (exact) mass is 314 g/mol. The number of carboxylic acids is 2. The van der Waals surface area contributed by atoms with Crippen LogP contribution in [0.25, 0.3) is 0 Å². The quantitative estimate of drug-likeness (QED) is 0.318. The van der Waals surface area contributed by atoms with Crippen molar-refractivity contribution in [1.29, 1.82) is 0 Å². The summed E-state index contributed by atoms with van der Waals surface area (Å²) in [5.41, 5.74) is -1.49. The Morgan fingerprint density at radius 1 is 1.10 bits per heavy atom. The topological polar surface area (TPSA) is 74.6 Å². The Morgan fingerprint density at radius 2 is 1.60 bits per heavy atom. The number of hydrogen-bond donors (Lipinski definition) is 2. The Bertz CT molecular complexity index is 418. The molecule has 1 aromatic carbocycles. The third-order valence-corrected chi connectivity index (χ3v) is 3.15. The van der Waals surface area contributed by atoms with Gasteiger partial charge in [-0.1, -0.05) is 56.5 Å². The van der Waals surface area contributed by atoms with Crippen molar-refractivity contribution in [3.8, 4) is 0 Å². The molecule has 0 atom stereocenters.